The summed E-state index contributed by atoms with van der Waals surface area (Å²) >= 11 is 0. The number of aliphatic hydroxyl groups is 3. The molecule has 0 heterocycles. The van der Waals surface area contributed by atoms with Gasteiger partial charge in [0.1, 0.15) is 11.6 Å². The summed E-state index contributed by atoms with van der Waals surface area (Å²) in [5.74, 6) is 0.111. The van der Waals surface area contributed by atoms with Gasteiger partial charge in [0.15, 0.2) is 0 Å². The predicted molar refractivity (Wildman–Crippen MR) is 106 cm³/mol. The molecule has 0 spiro atoms. The maximum atomic E-state index is 10.1. The van der Waals surface area contributed by atoms with Crippen LogP contribution in [0.2, 0.25) is 0 Å². The average Bonchev–Trinajstić information content (AvgIpc) is 2.71. The normalized spacial score (nSPS) is 14.5. The van der Waals surface area contributed by atoms with E-state index in [1.807, 2.05) is 67.6 Å². The van der Waals surface area contributed by atoms with Gasteiger partial charge < -0.3 is 15.3 Å². The molecule has 3 N–H and O–H groups in total. The number of rotatable bonds is 10. The highest BCUT2D eigenvalue weighted by Crippen LogP contribution is 2.37. The van der Waals surface area contributed by atoms with E-state index in [0.717, 1.165) is 11.1 Å². The van der Waals surface area contributed by atoms with Crippen LogP contribution in [0.3, 0.4) is 0 Å². The van der Waals surface area contributed by atoms with Crippen LogP contribution in [0.15, 0.2) is 60.7 Å². The van der Waals surface area contributed by atoms with Crippen LogP contribution in [0.25, 0.3) is 0 Å². The summed E-state index contributed by atoms with van der Waals surface area (Å²) in [7, 11) is 0. The maximum Gasteiger partial charge on any atom is 0.116 e. The molecule has 0 saturated carbocycles. The fraction of sp³-hybridized carbons (Fsp3) is 0.455. The first-order valence-electron chi connectivity index (χ1n) is 9.37. The van der Waals surface area contributed by atoms with Gasteiger partial charge in [-0.3, -0.25) is 4.84 Å². The van der Waals surface area contributed by atoms with Gasteiger partial charge in [0.05, 0.1) is 25.9 Å². The molecule has 148 valence electrons. The van der Waals surface area contributed by atoms with Gasteiger partial charge in [0, 0.05) is 0 Å². The van der Waals surface area contributed by atoms with Crippen LogP contribution in [-0.2, 0) is 4.84 Å². The molecule has 0 fully saturated rings. The van der Waals surface area contributed by atoms with Gasteiger partial charge in [-0.25, -0.2) is 0 Å². The van der Waals surface area contributed by atoms with Crippen molar-refractivity contribution < 1.29 is 20.2 Å². The van der Waals surface area contributed by atoms with Crippen molar-refractivity contribution in [3.63, 3.8) is 0 Å². The highest BCUT2D eigenvalue weighted by Gasteiger charge is 2.43. The lowest BCUT2D eigenvalue weighted by molar-refractivity contribution is -0.303. The van der Waals surface area contributed by atoms with Gasteiger partial charge in [-0.15, -0.1) is 0 Å². The average molecular weight is 373 g/mol. The molecule has 0 aliphatic carbocycles. The number of hydrogen-bond acceptors (Lipinski definition) is 5. The van der Waals surface area contributed by atoms with Crippen LogP contribution in [0.1, 0.15) is 44.0 Å². The Morgan fingerprint density at radius 3 is 1.63 bits per heavy atom. The minimum atomic E-state index is -1.31. The SMILES string of the molecule is CC(ON([C@@H](c1ccccc1)C(C)C)C(CO)(CO)CO)c1ccccc1. The van der Waals surface area contributed by atoms with Crippen molar-refractivity contribution in [3.05, 3.63) is 71.8 Å². The van der Waals surface area contributed by atoms with Gasteiger partial charge in [-0.05, 0) is 24.0 Å². The van der Waals surface area contributed by atoms with Crippen molar-refractivity contribution in [2.24, 2.45) is 5.92 Å². The van der Waals surface area contributed by atoms with Crippen molar-refractivity contribution in [2.75, 3.05) is 19.8 Å². The van der Waals surface area contributed by atoms with E-state index in [1.54, 1.807) is 5.06 Å². The lowest BCUT2D eigenvalue weighted by atomic mass is 9.91. The smallest absolute Gasteiger partial charge is 0.116 e. The van der Waals surface area contributed by atoms with Crippen LogP contribution in [0.5, 0.6) is 0 Å². The molecular formula is C22H31NO4. The van der Waals surface area contributed by atoms with E-state index in [9.17, 15) is 15.3 Å². The molecular weight excluding hydrogens is 342 g/mol. The van der Waals surface area contributed by atoms with Crippen LogP contribution >= 0.6 is 0 Å². The minimum Gasteiger partial charge on any atom is -0.394 e. The Balaban J connectivity index is 2.47. The molecule has 0 radical (unpaired) electrons. The summed E-state index contributed by atoms with van der Waals surface area (Å²) in [6, 6.07) is 19.3. The Kier molecular flexibility index (Phi) is 7.95. The number of aliphatic hydroxyl groups excluding tert-OH is 3. The van der Waals surface area contributed by atoms with Crippen molar-refractivity contribution >= 4 is 0 Å². The Morgan fingerprint density at radius 1 is 0.778 bits per heavy atom. The van der Waals surface area contributed by atoms with E-state index < -0.39 is 25.4 Å². The largest absolute Gasteiger partial charge is 0.394 e. The standard InChI is InChI=1S/C22H31NO4/c1-17(2)21(20-12-8-5-9-13-20)23(22(14-24,15-25)16-26)27-18(3)19-10-6-4-7-11-19/h4-13,17-18,21,24-26H,14-16H2,1-3H3/t18?,21-/m1/s1. The monoisotopic (exact) mass is 373 g/mol. The Hall–Kier alpha value is -1.76. The lowest BCUT2D eigenvalue weighted by Crippen LogP contribution is -2.59. The van der Waals surface area contributed by atoms with Crippen molar-refractivity contribution in [2.45, 2.75) is 38.5 Å². The van der Waals surface area contributed by atoms with Crippen LogP contribution in [0.4, 0.5) is 0 Å². The predicted octanol–water partition coefficient (Wildman–Crippen LogP) is 3.09. The number of hydroxylamine groups is 2. The van der Waals surface area contributed by atoms with Gasteiger partial charge >= 0.3 is 0 Å². The zero-order chi connectivity index (χ0) is 19.9. The number of benzene rings is 2. The Morgan fingerprint density at radius 2 is 1.22 bits per heavy atom. The van der Waals surface area contributed by atoms with Crippen LogP contribution < -0.4 is 0 Å². The summed E-state index contributed by atoms with van der Waals surface area (Å²) < 4.78 is 0. The molecule has 2 aromatic rings. The third-order valence-electron chi connectivity index (χ3n) is 4.92. The molecule has 1 unspecified atom stereocenters. The quantitative estimate of drug-likeness (QED) is 0.558. The second kappa shape index (κ2) is 9.97. The first-order valence-corrected chi connectivity index (χ1v) is 9.37. The van der Waals surface area contributed by atoms with Crippen LogP contribution in [0, 0.1) is 5.92 Å². The molecule has 0 aliphatic heterocycles. The van der Waals surface area contributed by atoms with Gasteiger partial charge in [0.2, 0.25) is 0 Å². The second-order valence-corrected chi connectivity index (χ2v) is 7.28. The third-order valence-corrected chi connectivity index (χ3v) is 4.92. The van der Waals surface area contributed by atoms with Crippen molar-refractivity contribution in [3.8, 4) is 0 Å². The maximum absolute atomic E-state index is 10.1. The molecule has 2 atom stereocenters. The highest BCUT2D eigenvalue weighted by atomic mass is 16.7. The molecule has 2 aromatic carbocycles. The summed E-state index contributed by atoms with van der Waals surface area (Å²) in [6.07, 6.45) is -0.319. The van der Waals surface area contributed by atoms with E-state index >= 15 is 0 Å². The van der Waals surface area contributed by atoms with Crippen LogP contribution in [-0.4, -0.2) is 45.7 Å². The molecule has 0 saturated heterocycles. The van der Waals surface area contributed by atoms with Gasteiger partial charge in [0.25, 0.3) is 0 Å². The zero-order valence-corrected chi connectivity index (χ0v) is 16.3. The van der Waals surface area contributed by atoms with Gasteiger partial charge in [-0.1, -0.05) is 74.5 Å². The summed E-state index contributed by atoms with van der Waals surface area (Å²) in [5, 5.41) is 31.8. The minimum absolute atomic E-state index is 0.111. The molecule has 2 rings (SSSR count). The Bertz CT molecular complexity index is 650. The molecule has 0 aromatic heterocycles. The molecule has 0 bridgehead atoms. The molecule has 5 nitrogen and oxygen atoms in total. The summed E-state index contributed by atoms with van der Waals surface area (Å²) in [6.45, 7) is 4.73. The second-order valence-electron chi connectivity index (χ2n) is 7.28. The van der Waals surface area contributed by atoms with Gasteiger partial charge in [-0.2, -0.15) is 5.06 Å². The van der Waals surface area contributed by atoms with E-state index in [0.29, 0.717) is 0 Å². The zero-order valence-electron chi connectivity index (χ0n) is 16.3. The van der Waals surface area contributed by atoms with E-state index in [1.165, 1.54) is 0 Å². The lowest BCUT2D eigenvalue weighted by Gasteiger charge is -2.46. The molecule has 5 heteroatoms. The first-order chi connectivity index (χ1) is 13.0. The summed E-state index contributed by atoms with van der Waals surface area (Å²) in [5.41, 5.74) is 0.654. The number of nitrogens with zero attached hydrogens (tertiary/aromatic N) is 1. The fourth-order valence-corrected chi connectivity index (χ4v) is 3.23. The molecule has 0 amide bonds. The van der Waals surface area contributed by atoms with Crippen molar-refractivity contribution in [1.29, 1.82) is 0 Å². The Labute approximate surface area is 161 Å². The van der Waals surface area contributed by atoms with Crippen molar-refractivity contribution in [1.82, 2.24) is 5.06 Å². The molecule has 0 aliphatic rings. The topological polar surface area (TPSA) is 73.2 Å². The fourth-order valence-electron chi connectivity index (χ4n) is 3.23. The van der Waals surface area contributed by atoms with E-state index in [-0.39, 0.29) is 18.1 Å². The highest BCUT2D eigenvalue weighted by molar-refractivity contribution is 5.21. The molecule has 27 heavy (non-hydrogen) atoms. The first kappa shape index (κ1) is 21.5. The number of hydrogen-bond donors (Lipinski definition) is 3. The summed E-state index contributed by atoms with van der Waals surface area (Å²) in [4.78, 5) is 6.31. The van der Waals surface area contributed by atoms with E-state index in [2.05, 4.69) is 13.8 Å². The van der Waals surface area contributed by atoms with E-state index in [4.69, 9.17) is 4.84 Å². The third kappa shape index (κ3) is 4.94.